The summed E-state index contributed by atoms with van der Waals surface area (Å²) in [5.74, 6) is 0. The average Bonchev–Trinajstić information content (AvgIpc) is 2.13. The van der Waals surface area contributed by atoms with Crippen molar-refractivity contribution in [3.63, 3.8) is 0 Å². The van der Waals surface area contributed by atoms with Crippen molar-refractivity contribution in [2.75, 3.05) is 0 Å². The molecule has 0 radical (unpaired) electrons. The zero-order valence-electron chi connectivity index (χ0n) is 8.65. The van der Waals surface area contributed by atoms with Crippen LogP contribution in [0.3, 0.4) is 0 Å². The molecule has 0 saturated heterocycles. The third-order valence-electron chi connectivity index (χ3n) is 2.37. The Morgan fingerprint density at radius 1 is 1.06 bits per heavy atom. The highest BCUT2D eigenvalue weighted by Crippen LogP contribution is 2.37. The van der Waals surface area contributed by atoms with Crippen molar-refractivity contribution in [1.29, 1.82) is 0 Å². The summed E-state index contributed by atoms with van der Waals surface area (Å²) in [6.07, 6.45) is -9.46. The van der Waals surface area contributed by atoms with Crippen molar-refractivity contribution in [2.24, 2.45) is 5.73 Å². The quantitative estimate of drug-likeness (QED) is 0.764. The van der Waals surface area contributed by atoms with Crippen LogP contribution >= 0.6 is 0 Å². The number of hydrogen-bond acceptors (Lipinski definition) is 1. The fraction of sp³-hybridized carbons (Fsp3) is 0.400. The Balaban J connectivity index is 3.30. The van der Waals surface area contributed by atoms with E-state index < -0.39 is 35.1 Å². The number of benzene rings is 1. The lowest BCUT2D eigenvalue weighted by atomic mass is 9.96. The fourth-order valence-corrected chi connectivity index (χ4v) is 1.47. The van der Waals surface area contributed by atoms with Crippen LogP contribution in [0, 0.1) is 6.92 Å². The zero-order chi connectivity index (χ0) is 13.4. The molecular weight excluding hydrogens is 248 g/mol. The van der Waals surface area contributed by atoms with Crippen molar-refractivity contribution in [1.82, 2.24) is 0 Å². The third kappa shape index (κ3) is 2.91. The van der Waals surface area contributed by atoms with Crippen molar-refractivity contribution in [2.45, 2.75) is 25.3 Å². The van der Waals surface area contributed by atoms with E-state index in [2.05, 4.69) is 0 Å². The molecule has 0 aliphatic carbocycles. The minimum Gasteiger partial charge on any atom is -0.316 e. The van der Waals surface area contributed by atoms with Crippen LogP contribution in [0.15, 0.2) is 18.2 Å². The summed E-state index contributed by atoms with van der Waals surface area (Å²) in [5, 5.41) is 0. The summed E-state index contributed by atoms with van der Waals surface area (Å²) in [6.45, 7) is 0.976. The van der Waals surface area contributed by atoms with E-state index in [1.54, 1.807) is 0 Å². The van der Waals surface area contributed by atoms with Crippen LogP contribution in [-0.2, 0) is 6.18 Å². The molecule has 1 atom stereocenters. The number of rotatable bonds is 1. The Morgan fingerprint density at radius 3 is 2.00 bits per heavy atom. The molecule has 1 rings (SSSR count). The molecule has 1 aromatic carbocycles. The second-order valence-corrected chi connectivity index (χ2v) is 3.54. The molecule has 96 valence electrons. The first-order valence-corrected chi connectivity index (χ1v) is 4.54. The molecule has 0 heterocycles. The number of alkyl halides is 6. The highest BCUT2D eigenvalue weighted by molar-refractivity contribution is 5.38. The molecule has 1 nitrogen and oxygen atoms in total. The molecule has 2 N–H and O–H groups in total. The number of halogens is 6. The topological polar surface area (TPSA) is 26.0 Å². The van der Waals surface area contributed by atoms with Gasteiger partial charge >= 0.3 is 12.4 Å². The van der Waals surface area contributed by atoms with Gasteiger partial charge in [-0.05, 0) is 24.1 Å². The molecule has 17 heavy (non-hydrogen) atoms. The van der Waals surface area contributed by atoms with Gasteiger partial charge in [-0.2, -0.15) is 26.3 Å². The van der Waals surface area contributed by atoms with Crippen molar-refractivity contribution >= 4 is 0 Å². The zero-order valence-corrected chi connectivity index (χ0v) is 8.65. The Morgan fingerprint density at radius 2 is 1.59 bits per heavy atom. The highest BCUT2D eigenvalue weighted by Gasteiger charge is 2.40. The third-order valence-corrected chi connectivity index (χ3v) is 2.37. The van der Waals surface area contributed by atoms with Crippen molar-refractivity contribution < 1.29 is 26.3 Å². The van der Waals surface area contributed by atoms with Crippen LogP contribution in [0.1, 0.15) is 22.7 Å². The second-order valence-electron chi connectivity index (χ2n) is 3.54. The minimum atomic E-state index is -4.77. The Kier molecular flexibility index (Phi) is 3.42. The summed E-state index contributed by atoms with van der Waals surface area (Å²) in [5.41, 5.74) is 2.73. The van der Waals surface area contributed by atoms with Crippen LogP contribution in [-0.4, -0.2) is 6.18 Å². The second kappa shape index (κ2) is 4.21. The van der Waals surface area contributed by atoms with E-state index in [1.807, 2.05) is 0 Å². The molecule has 0 aliphatic rings. The minimum absolute atomic E-state index is 0.496. The fourth-order valence-electron chi connectivity index (χ4n) is 1.47. The van der Waals surface area contributed by atoms with Gasteiger partial charge in [0.2, 0.25) is 0 Å². The normalized spacial score (nSPS) is 14.8. The van der Waals surface area contributed by atoms with E-state index in [0.717, 1.165) is 25.1 Å². The van der Waals surface area contributed by atoms with Gasteiger partial charge in [0.1, 0.15) is 6.04 Å². The van der Waals surface area contributed by atoms with E-state index in [4.69, 9.17) is 5.73 Å². The first-order valence-electron chi connectivity index (χ1n) is 4.54. The van der Waals surface area contributed by atoms with Gasteiger partial charge in [0.05, 0.1) is 5.56 Å². The van der Waals surface area contributed by atoms with E-state index in [1.165, 1.54) is 0 Å². The molecule has 7 heteroatoms. The molecule has 0 fully saturated rings. The van der Waals surface area contributed by atoms with Crippen LogP contribution in [0.4, 0.5) is 26.3 Å². The van der Waals surface area contributed by atoms with Gasteiger partial charge in [-0.3, -0.25) is 0 Å². The van der Waals surface area contributed by atoms with Crippen molar-refractivity contribution in [3.05, 3.63) is 34.9 Å². The summed E-state index contributed by atoms with van der Waals surface area (Å²) >= 11 is 0. The van der Waals surface area contributed by atoms with E-state index >= 15 is 0 Å². The van der Waals surface area contributed by atoms with Crippen LogP contribution < -0.4 is 5.73 Å². The molecule has 0 aliphatic heterocycles. The van der Waals surface area contributed by atoms with E-state index in [0.29, 0.717) is 0 Å². The molecule has 0 spiro atoms. The summed E-state index contributed by atoms with van der Waals surface area (Å²) < 4.78 is 74.4. The average molecular weight is 257 g/mol. The lowest BCUT2D eigenvalue weighted by Crippen LogP contribution is -2.29. The van der Waals surface area contributed by atoms with Gasteiger partial charge in [-0.15, -0.1) is 0 Å². The molecule has 1 aromatic rings. The smallest absolute Gasteiger partial charge is 0.316 e. The predicted molar refractivity (Wildman–Crippen MR) is 49.2 cm³/mol. The molecule has 0 bridgehead atoms. The maximum Gasteiger partial charge on any atom is 0.416 e. The maximum absolute atomic E-state index is 12.5. The first kappa shape index (κ1) is 13.8. The number of hydrogen-bond donors (Lipinski definition) is 1. The van der Waals surface area contributed by atoms with Gasteiger partial charge < -0.3 is 5.73 Å². The first-order chi connectivity index (χ1) is 7.55. The standard InChI is InChI=1S/C10H9F6N/c1-5-6(8(17)10(14,15)16)3-2-4-7(5)9(11,12)13/h2-4,8H,17H2,1H3/t8-/m1/s1. The molecule has 0 saturated carbocycles. The Bertz CT molecular complexity index is 406. The van der Waals surface area contributed by atoms with E-state index in [-0.39, 0.29) is 0 Å². The van der Waals surface area contributed by atoms with Crippen LogP contribution in [0.25, 0.3) is 0 Å². The maximum atomic E-state index is 12.5. The molecular formula is C10H9F6N. The Hall–Kier alpha value is -1.24. The summed E-state index contributed by atoms with van der Waals surface area (Å²) in [7, 11) is 0. The van der Waals surface area contributed by atoms with Gasteiger partial charge in [-0.1, -0.05) is 12.1 Å². The largest absolute Gasteiger partial charge is 0.416 e. The van der Waals surface area contributed by atoms with Gasteiger partial charge in [-0.25, -0.2) is 0 Å². The predicted octanol–water partition coefficient (Wildman–Crippen LogP) is 3.58. The lowest BCUT2D eigenvalue weighted by Gasteiger charge is -2.20. The molecule has 0 amide bonds. The number of nitrogens with two attached hydrogens (primary N) is 1. The summed E-state index contributed by atoms with van der Waals surface area (Å²) in [4.78, 5) is 0. The summed E-state index contributed by atoms with van der Waals surface area (Å²) in [6, 6.07) is 0.173. The van der Waals surface area contributed by atoms with Gasteiger partial charge in [0.25, 0.3) is 0 Å². The van der Waals surface area contributed by atoms with Crippen LogP contribution in [0.2, 0.25) is 0 Å². The monoisotopic (exact) mass is 257 g/mol. The molecule has 0 unspecified atom stereocenters. The van der Waals surface area contributed by atoms with Gasteiger partial charge in [0.15, 0.2) is 0 Å². The van der Waals surface area contributed by atoms with Gasteiger partial charge in [0, 0.05) is 0 Å². The van der Waals surface area contributed by atoms with E-state index in [9.17, 15) is 26.3 Å². The van der Waals surface area contributed by atoms with Crippen LogP contribution in [0.5, 0.6) is 0 Å². The SMILES string of the molecule is Cc1c([C@@H](N)C(F)(F)F)cccc1C(F)(F)F. The highest BCUT2D eigenvalue weighted by atomic mass is 19.4. The van der Waals surface area contributed by atoms with Crippen molar-refractivity contribution in [3.8, 4) is 0 Å². The lowest BCUT2D eigenvalue weighted by molar-refractivity contribution is -0.150. The molecule has 0 aromatic heterocycles. The Labute approximate surface area is 93.2 Å².